The van der Waals surface area contributed by atoms with E-state index in [1.807, 2.05) is 12.1 Å². The second-order valence-corrected chi connectivity index (χ2v) is 13.8. The van der Waals surface area contributed by atoms with Crippen LogP contribution in [0.5, 0.6) is 0 Å². The van der Waals surface area contributed by atoms with Gasteiger partial charge in [-0.1, -0.05) is 140 Å². The van der Waals surface area contributed by atoms with Gasteiger partial charge in [0.15, 0.2) is 5.82 Å². The Morgan fingerprint density at radius 2 is 0.796 bits per heavy atom. The van der Waals surface area contributed by atoms with E-state index in [-0.39, 0.29) is 0 Å². The molecule has 3 heterocycles. The monoisotopic (exact) mass is 688 g/mol. The molecule has 0 N–H and O–H groups in total. The molecule has 0 fully saturated rings. The average molecular weight is 689 g/mol. The summed E-state index contributed by atoms with van der Waals surface area (Å²) < 4.78 is 4.82. The van der Waals surface area contributed by atoms with E-state index in [4.69, 9.17) is 9.97 Å². The molecule has 0 spiro atoms. The quantitative estimate of drug-likeness (QED) is 0.180. The molecule has 0 saturated heterocycles. The van der Waals surface area contributed by atoms with Crippen LogP contribution in [-0.2, 0) is 0 Å². The number of hydrogen-bond acceptors (Lipinski definition) is 2. The number of fused-ring (bicyclic) bond motifs is 8. The van der Waals surface area contributed by atoms with Gasteiger partial charge >= 0.3 is 0 Å². The highest BCUT2D eigenvalue weighted by Crippen LogP contribution is 2.43. The van der Waals surface area contributed by atoms with Crippen LogP contribution in [0.2, 0.25) is 0 Å². The predicted octanol–water partition coefficient (Wildman–Crippen LogP) is 12.8. The summed E-state index contributed by atoms with van der Waals surface area (Å²) >= 11 is 0. The molecule has 0 aliphatic rings. The highest BCUT2D eigenvalue weighted by Gasteiger charge is 2.22. The maximum atomic E-state index is 5.28. The molecular formula is C50H32N4. The highest BCUT2D eigenvalue weighted by atomic mass is 15.0. The largest absolute Gasteiger partial charge is 0.309 e. The second kappa shape index (κ2) is 12.1. The Hall–Kier alpha value is -7.30. The summed E-state index contributed by atoms with van der Waals surface area (Å²) in [5.41, 5.74) is 11.8. The van der Waals surface area contributed by atoms with Crippen molar-refractivity contribution >= 4 is 54.4 Å². The minimum Gasteiger partial charge on any atom is -0.309 e. The van der Waals surface area contributed by atoms with Gasteiger partial charge in [0.05, 0.1) is 33.5 Å². The second-order valence-electron chi connectivity index (χ2n) is 13.8. The van der Waals surface area contributed by atoms with E-state index in [9.17, 15) is 0 Å². The molecule has 0 bridgehead atoms. The molecule has 252 valence electrons. The number of rotatable bonds is 5. The molecule has 0 radical (unpaired) electrons. The summed E-state index contributed by atoms with van der Waals surface area (Å²) in [5, 5.41) is 7.21. The molecule has 11 rings (SSSR count). The minimum absolute atomic E-state index is 0.697. The van der Waals surface area contributed by atoms with Crippen molar-refractivity contribution in [2.24, 2.45) is 0 Å². The molecule has 0 unspecified atom stereocenters. The molecule has 0 amide bonds. The van der Waals surface area contributed by atoms with Crippen LogP contribution >= 0.6 is 0 Å². The van der Waals surface area contributed by atoms with Gasteiger partial charge in [0.25, 0.3) is 0 Å². The van der Waals surface area contributed by atoms with Gasteiger partial charge in [0.1, 0.15) is 0 Å². The van der Waals surface area contributed by atoms with Gasteiger partial charge in [-0.05, 0) is 65.4 Å². The standard InChI is InChI=1S/C50H32N4/c1-4-16-33(17-5-1)42-32-43(34-18-6-2-7-19-34)52-50(51-42)41-31-37(30-35-20-10-11-23-38(35)41)54-45-27-15-13-25-40(45)49-47(54)29-28-46-48(49)39-24-12-14-26-44(39)53(46)36-21-8-3-9-22-36/h1-32H. The van der Waals surface area contributed by atoms with Crippen LogP contribution in [0, 0.1) is 0 Å². The lowest BCUT2D eigenvalue weighted by atomic mass is 10.0. The first-order chi connectivity index (χ1) is 26.8. The Morgan fingerprint density at radius 1 is 0.333 bits per heavy atom. The molecule has 0 saturated carbocycles. The summed E-state index contributed by atoms with van der Waals surface area (Å²) in [6.45, 7) is 0. The van der Waals surface area contributed by atoms with Crippen molar-refractivity contribution in [2.45, 2.75) is 0 Å². The fourth-order valence-electron chi connectivity index (χ4n) is 8.34. The van der Waals surface area contributed by atoms with Gasteiger partial charge in [-0.15, -0.1) is 0 Å². The normalized spacial score (nSPS) is 11.7. The topological polar surface area (TPSA) is 35.6 Å². The van der Waals surface area contributed by atoms with Crippen LogP contribution in [0.25, 0.3) is 99.7 Å². The van der Waals surface area contributed by atoms with Gasteiger partial charge in [0.2, 0.25) is 0 Å². The van der Waals surface area contributed by atoms with Gasteiger partial charge < -0.3 is 9.13 Å². The van der Waals surface area contributed by atoms with Gasteiger partial charge in [-0.3, -0.25) is 0 Å². The van der Waals surface area contributed by atoms with Crippen molar-refractivity contribution in [3.63, 3.8) is 0 Å². The predicted molar refractivity (Wildman–Crippen MR) is 225 cm³/mol. The van der Waals surface area contributed by atoms with Crippen molar-refractivity contribution in [3.05, 3.63) is 194 Å². The van der Waals surface area contributed by atoms with E-state index in [1.165, 1.54) is 32.6 Å². The Kier molecular flexibility index (Phi) is 6.82. The molecule has 0 atom stereocenters. The summed E-state index contributed by atoms with van der Waals surface area (Å²) in [7, 11) is 0. The average Bonchev–Trinajstić information content (AvgIpc) is 3.77. The lowest BCUT2D eigenvalue weighted by molar-refractivity contribution is 1.16. The summed E-state index contributed by atoms with van der Waals surface area (Å²) in [6, 6.07) is 68.9. The van der Waals surface area contributed by atoms with E-state index in [0.29, 0.717) is 5.82 Å². The van der Waals surface area contributed by atoms with Crippen LogP contribution in [0.1, 0.15) is 0 Å². The Balaban J connectivity index is 1.22. The number of hydrogen-bond donors (Lipinski definition) is 0. The van der Waals surface area contributed by atoms with Gasteiger partial charge in [0, 0.05) is 49.6 Å². The van der Waals surface area contributed by atoms with E-state index in [0.717, 1.165) is 61.3 Å². The van der Waals surface area contributed by atoms with Gasteiger partial charge in [-0.25, -0.2) is 9.97 Å². The van der Waals surface area contributed by atoms with Crippen LogP contribution < -0.4 is 0 Å². The third kappa shape index (κ3) is 4.70. The maximum absolute atomic E-state index is 5.28. The van der Waals surface area contributed by atoms with Crippen molar-refractivity contribution < 1.29 is 0 Å². The summed E-state index contributed by atoms with van der Waals surface area (Å²) in [5.74, 6) is 0.697. The first kappa shape index (κ1) is 30.3. The smallest absolute Gasteiger partial charge is 0.161 e. The molecular weight excluding hydrogens is 657 g/mol. The Morgan fingerprint density at radius 3 is 1.37 bits per heavy atom. The van der Waals surface area contributed by atoms with Crippen LogP contribution in [0.15, 0.2) is 194 Å². The van der Waals surface area contributed by atoms with E-state index in [1.54, 1.807) is 0 Å². The minimum atomic E-state index is 0.697. The molecule has 54 heavy (non-hydrogen) atoms. The van der Waals surface area contributed by atoms with Crippen molar-refractivity contribution in [1.29, 1.82) is 0 Å². The maximum Gasteiger partial charge on any atom is 0.161 e. The lowest BCUT2D eigenvalue weighted by Crippen LogP contribution is -1.99. The van der Waals surface area contributed by atoms with Crippen LogP contribution in [-0.4, -0.2) is 19.1 Å². The zero-order valence-electron chi connectivity index (χ0n) is 29.3. The number of benzene rings is 8. The number of para-hydroxylation sites is 3. The van der Waals surface area contributed by atoms with E-state index in [2.05, 4.69) is 191 Å². The van der Waals surface area contributed by atoms with Crippen LogP contribution in [0.3, 0.4) is 0 Å². The number of aromatic nitrogens is 4. The van der Waals surface area contributed by atoms with Crippen LogP contribution in [0.4, 0.5) is 0 Å². The van der Waals surface area contributed by atoms with E-state index < -0.39 is 0 Å². The fraction of sp³-hybridized carbons (Fsp3) is 0. The van der Waals surface area contributed by atoms with E-state index >= 15 is 0 Å². The molecule has 4 nitrogen and oxygen atoms in total. The summed E-state index contributed by atoms with van der Waals surface area (Å²) in [4.78, 5) is 10.6. The van der Waals surface area contributed by atoms with Crippen molar-refractivity contribution in [3.8, 4) is 45.3 Å². The molecule has 3 aromatic heterocycles. The fourth-order valence-corrected chi connectivity index (χ4v) is 8.34. The zero-order chi connectivity index (χ0) is 35.6. The zero-order valence-corrected chi connectivity index (χ0v) is 29.3. The Bertz CT molecular complexity index is 3140. The van der Waals surface area contributed by atoms with Crippen molar-refractivity contribution in [1.82, 2.24) is 19.1 Å². The SMILES string of the molecule is c1ccc(-c2cc(-c3ccccc3)nc(-c3cc(-n4c5ccccc5c5c6c7ccccc7n(-c7ccccc7)c6ccc54)cc4ccccc34)n2)cc1. The molecule has 8 aromatic carbocycles. The molecule has 11 aromatic rings. The van der Waals surface area contributed by atoms with Gasteiger partial charge in [-0.2, -0.15) is 0 Å². The third-order valence-electron chi connectivity index (χ3n) is 10.7. The first-order valence-electron chi connectivity index (χ1n) is 18.3. The molecule has 0 aliphatic heterocycles. The van der Waals surface area contributed by atoms with Crippen molar-refractivity contribution in [2.75, 3.05) is 0 Å². The molecule has 4 heteroatoms. The highest BCUT2D eigenvalue weighted by molar-refractivity contribution is 6.29. The Labute approximate surface area is 311 Å². The number of nitrogens with zero attached hydrogens (tertiary/aromatic N) is 4. The first-order valence-corrected chi connectivity index (χ1v) is 18.3. The molecule has 0 aliphatic carbocycles. The lowest BCUT2D eigenvalue weighted by Gasteiger charge is -2.15. The third-order valence-corrected chi connectivity index (χ3v) is 10.7. The summed E-state index contributed by atoms with van der Waals surface area (Å²) in [6.07, 6.45) is 0.